The van der Waals surface area contributed by atoms with Gasteiger partial charge in [0.25, 0.3) is 0 Å². The largest absolute Gasteiger partial charge is 0.508 e. The van der Waals surface area contributed by atoms with Crippen molar-refractivity contribution in [2.75, 3.05) is 6.54 Å². The fourth-order valence-electron chi connectivity index (χ4n) is 1.33. The zero-order valence-electron chi connectivity index (χ0n) is 11.1. The Morgan fingerprint density at radius 2 is 1.74 bits per heavy atom. The van der Waals surface area contributed by atoms with E-state index in [2.05, 4.69) is 10.0 Å². The third-order valence-electron chi connectivity index (χ3n) is 2.08. The highest BCUT2D eigenvalue weighted by atomic mass is 32.2. The molecule has 7 heteroatoms. The molecule has 19 heavy (non-hydrogen) atoms. The molecule has 106 valence electrons. The summed E-state index contributed by atoms with van der Waals surface area (Å²) in [6.07, 6.45) is 0. The summed E-state index contributed by atoms with van der Waals surface area (Å²) in [5.74, 6) is -0.431. The van der Waals surface area contributed by atoms with Gasteiger partial charge in [0.05, 0.1) is 11.4 Å². The second-order valence-corrected chi connectivity index (χ2v) is 6.88. The topological polar surface area (TPSA) is 95.5 Å². The van der Waals surface area contributed by atoms with Crippen LogP contribution in [0.5, 0.6) is 5.75 Å². The highest BCUT2D eigenvalue weighted by molar-refractivity contribution is 7.89. The van der Waals surface area contributed by atoms with E-state index in [0.29, 0.717) is 0 Å². The standard InChI is InChI=1S/C12H18N2O4S/c1-12(2,3)14-11(16)8-13-19(17,18)10-6-4-9(15)5-7-10/h4-7,13,15H,8H2,1-3H3,(H,14,16). The zero-order chi connectivity index (χ0) is 14.7. The number of carbonyl (C=O) groups excluding carboxylic acids is 1. The monoisotopic (exact) mass is 286 g/mol. The maximum atomic E-state index is 11.8. The van der Waals surface area contributed by atoms with E-state index in [0.717, 1.165) is 0 Å². The highest BCUT2D eigenvalue weighted by Gasteiger charge is 2.18. The Morgan fingerprint density at radius 3 is 2.21 bits per heavy atom. The molecular formula is C12H18N2O4S. The molecule has 0 aliphatic rings. The molecule has 1 rings (SSSR count). The minimum absolute atomic E-state index is 0.00569. The fraction of sp³-hybridized carbons (Fsp3) is 0.417. The lowest BCUT2D eigenvalue weighted by atomic mass is 10.1. The highest BCUT2D eigenvalue weighted by Crippen LogP contribution is 2.13. The molecule has 0 saturated heterocycles. The normalized spacial score (nSPS) is 12.2. The van der Waals surface area contributed by atoms with Crippen molar-refractivity contribution < 1.29 is 18.3 Å². The maximum absolute atomic E-state index is 11.8. The lowest BCUT2D eigenvalue weighted by molar-refractivity contribution is -0.121. The summed E-state index contributed by atoms with van der Waals surface area (Å²) in [5, 5.41) is 11.7. The van der Waals surface area contributed by atoms with E-state index in [1.165, 1.54) is 24.3 Å². The second-order valence-electron chi connectivity index (χ2n) is 5.12. The second kappa shape index (κ2) is 5.58. The number of sulfonamides is 1. The van der Waals surface area contributed by atoms with Crippen LogP contribution in [0.3, 0.4) is 0 Å². The average molecular weight is 286 g/mol. The predicted molar refractivity (Wildman–Crippen MR) is 71.2 cm³/mol. The first kappa shape index (κ1) is 15.5. The van der Waals surface area contributed by atoms with Crippen molar-refractivity contribution in [3.05, 3.63) is 24.3 Å². The summed E-state index contributed by atoms with van der Waals surface area (Å²) >= 11 is 0. The van der Waals surface area contributed by atoms with Gasteiger partial charge in [-0.25, -0.2) is 13.1 Å². The molecule has 1 aromatic carbocycles. The van der Waals surface area contributed by atoms with E-state index < -0.39 is 21.5 Å². The molecule has 3 N–H and O–H groups in total. The lowest BCUT2D eigenvalue weighted by Crippen LogP contribution is -2.45. The zero-order valence-corrected chi connectivity index (χ0v) is 11.9. The number of rotatable bonds is 4. The predicted octanol–water partition coefficient (Wildman–Crippen LogP) is 0.585. The lowest BCUT2D eigenvalue weighted by Gasteiger charge is -2.20. The Hall–Kier alpha value is -1.60. The molecule has 0 heterocycles. The van der Waals surface area contributed by atoms with Gasteiger partial charge in [-0.2, -0.15) is 0 Å². The van der Waals surface area contributed by atoms with Crippen LogP contribution in [0.2, 0.25) is 0 Å². The third-order valence-corrected chi connectivity index (χ3v) is 3.50. The molecule has 6 nitrogen and oxygen atoms in total. The Balaban J connectivity index is 2.66. The van der Waals surface area contributed by atoms with Gasteiger partial charge in [-0.05, 0) is 45.0 Å². The van der Waals surface area contributed by atoms with Crippen LogP contribution >= 0.6 is 0 Å². The van der Waals surface area contributed by atoms with Gasteiger partial charge in [0, 0.05) is 5.54 Å². The summed E-state index contributed by atoms with van der Waals surface area (Å²) in [5.41, 5.74) is -0.416. The Labute approximate surface area is 112 Å². The van der Waals surface area contributed by atoms with Crippen LogP contribution in [0.15, 0.2) is 29.2 Å². The van der Waals surface area contributed by atoms with Crippen molar-refractivity contribution in [3.63, 3.8) is 0 Å². The van der Waals surface area contributed by atoms with Crippen molar-refractivity contribution in [2.45, 2.75) is 31.2 Å². The van der Waals surface area contributed by atoms with Crippen molar-refractivity contribution in [3.8, 4) is 5.75 Å². The first-order valence-electron chi connectivity index (χ1n) is 5.70. The Bertz CT molecular complexity index is 544. The van der Waals surface area contributed by atoms with Crippen LogP contribution in [0, 0.1) is 0 Å². The van der Waals surface area contributed by atoms with Crippen LogP contribution in [0.1, 0.15) is 20.8 Å². The fourth-order valence-corrected chi connectivity index (χ4v) is 2.31. The number of hydrogen-bond acceptors (Lipinski definition) is 4. The van der Waals surface area contributed by atoms with Crippen LogP contribution < -0.4 is 10.0 Å². The molecule has 0 aliphatic carbocycles. The maximum Gasteiger partial charge on any atom is 0.241 e. The number of nitrogens with one attached hydrogen (secondary N) is 2. The van der Waals surface area contributed by atoms with Gasteiger partial charge < -0.3 is 10.4 Å². The van der Waals surface area contributed by atoms with Crippen LogP contribution in [-0.2, 0) is 14.8 Å². The van der Waals surface area contributed by atoms with Crippen molar-refractivity contribution >= 4 is 15.9 Å². The summed E-state index contributed by atoms with van der Waals surface area (Å²) in [7, 11) is -3.75. The van der Waals surface area contributed by atoms with Gasteiger partial charge in [-0.1, -0.05) is 0 Å². The van der Waals surface area contributed by atoms with Crippen LogP contribution in [-0.4, -0.2) is 31.5 Å². The third kappa shape index (κ3) is 5.27. The molecule has 0 bridgehead atoms. The van der Waals surface area contributed by atoms with E-state index in [-0.39, 0.29) is 17.2 Å². The minimum Gasteiger partial charge on any atom is -0.508 e. The number of carbonyl (C=O) groups is 1. The van der Waals surface area contributed by atoms with Crippen molar-refractivity contribution in [1.29, 1.82) is 0 Å². The first-order chi connectivity index (χ1) is 8.60. The van der Waals surface area contributed by atoms with Gasteiger partial charge in [0.1, 0.15) is 5.75 Å². The van der Waals surface area contributed by atoms with Gasteiger partial charge in [-0.15, -0.1) is 0 Å². The van der Waals surface area contributed by atoms with Crippen LogP contribution in [0.4, 0.5) is 0 Å². The van der Waals surface area contributed by atoms with Gasteiger partial charge in [-0.3, -0.25) is 4.79 Å². The molecule has 0 aromatic heterocycles. The Morgan fingerprint density at radius 1 is 1.21 bits per heavy atom. The smallest absolute Gasteiger partial charge is 0.241 e. The van der Waals surface area contributed by atoms with E-state index in [1.54, 1.807) is 20.8 Å². The molecular weight excluding hydrogens is 268 g/mol. The average Bonchev–Trinajstić information content (AvgIpc) is 2.25. The van der Waals surface area contributed by atoms with Crippen molar-refractivity contribution in [1.82, 2.24) is 10.0 Å². The molecule has 0 unspecified atom stereocenters. The van der Waals surface area contributed by atoms with E-state index in [9.17, 15) is 13.2 Å². The van der Waals surface area contributed by atoms with Gasteiger partial charge in [0.2, 0.25) is 15.9 Å². The summed E-state index contributed by atoms with van der Waals surface area (Å²) in [6.45, 7) is 5.08. The number of aromatic hydroxyl groups is 1. The Kier molecular flexibility index (Phi) is 4.54. The van der Waals surface area contributed by atoms with Gasteiger partial charge >= 0.3 is 0 Å². The molecule has 0 spiro atoms. The number of phenolic OH excluding ortho intramolecular Hbond substituents is 1. The van der Waals surface area contributed by atoms with E-state index in [4.69, 9.17) is 5.11 Å². The van der Waals surface area contributed by atoms with E-state index in [1.807, 2.05) is 0 Å². The van der Waals surface area contributed by atoms with E-state index >= 15 is 0 Å². The number of amides is 1. The summed E-state index contributed by atoms with van der Waals surface area (Å²) in [4.78, 5) is 11.5. The van der Waals surface area contributed by atoms with Crippen LogP contribution in [0.25, 0.3) is 0 Å². The molecule has 0 radical (unpaired) electrons. The SMILES string of the molecule is CC(C)(C)NC(=O)CNS(=O)(=O)c1ccc(O)cc1. The molecule has 0 fully saturated rings. The first-order valence-corrected chi connectivity index (χ1v) is 7.18. The molecule has 1 amide bonds. The quantitative estimate of drug-likeness (QED) is 0.754. The van der Waals surface area contributed by atoms with Gasteiger partial charge in [0.15, 0.2) is 0 Å². The minimum atomic E-state index is -3.75. The number of hydrogen-bond donors (Lipinski definition) is 3. The molecule has 1 aromatic rings. The molecule has 0 aliphatic heterocycles. The molecule has 0 atom stereocenters. The molecule has 0 saturated carbocycles. The van der Waals surface area contributed by atoms with Crippen molar-refractivity contribution in [2.24, 2.45) is 0 Å². The summed E-state index contributed by atoms with van der Waals surface area (Å²) < 4.78 is 25.9. The summed E-state index contributed by atoms with van der Waals surface area (Å²) in [6, 6.07) is 5.06. The number of benzene rings is 1. The number of phenols is 1.